The largest absolute Gasteiger partial charge is 0.383 e. The van der Waals surface area contributed by atoms with E-state index in [0.717, 1.165) is 6.42 Å². The molecule has 0 aliphatic heterocycles. The van der Waals surface area contributed by atoms with Crippen LogP contribution < -0.4 is 11.5 Å². The third-order valence-electron chi connectivity index (χ3n) is 3.43. The molecule has 0 radical (unpaired) electrons. The molecule has 21 heavy (non-hydrogen) atoms. The van der Waals surface area contributed by atoms with E-state index in [1.807, 2.05) is 22.8 Å². The number of aromatic nitrogens is 3. The molecule has 0 atom stereocenters. The highest BCUT2D eigenvalue weighted by Crippen LogP contribution is 2.23. The fourth-order valence-electron chi connectivity index (χ4n) is 2.40. The summed E-state index contributed by atoms with van der Waals surface area (Å²) >= 11 is 0. The molecular weight excluding hydrogens is 266 g/mol. The Balaban J connectivity index is 1.99. The van der Waals surface area contributed by atoms with Crippen LogP contribution in [-0.4, -0.2) is 20.4 Å². The summed E-state index contributed by atoms with van der Waals surface area (Å²) in [5.41, 5.74) is 13.4. The summed E-state index contributed by atoms with van der Waals surface area (Å²) in [6, 6.07) is 10.1. The maximum absolute atomic E-state index is 11.6. The van der Waals surface area contributed by atoms with Crippen LogP contribution in [-0.2, 0) is 13.0 Å². The molecule has 0 saturated heterocycles. The van der Waals surface area contributed by atoms with Gasteiger partial charge in [-0.15, -0.1) is 0 Å². The maximum Gasteiger partial charge on any atom is 0.251 e. The zero-order chi connectivity index (χ0) is 14.8. The molecule has 0 spiro atoms. The highest BCUT2D eigenvalue weighted by molar-refractivity contribution is 6.08. The van der Waals surface area contributed by atoms with Crippen LogP contribution >= 0.6 is 0 Å². The first kappa shape index (κ1) is 13.1. The van der Waals surface area contributed by atoms with Crippen molar-refractivity contribution < 1.29 is 4.79 Å². The van der Waals surface area contributed by atoms with Crippen molar-refractivity contribution in [3.63, 3.8) is 0 Å². The molecule has 3 aromatic rings. The minimum absolute atomic E-state index is 0.271. The van der Waals surface area contributed by atoms with Gasteiger partial charge in [0.1, 0.15) is 17.8 Å². The normalized spacial score (nSPS) is 10.9. The van der Waals surface area contributed by atoms with Crippen molar-refractivity contribution in [3.8, 4) is 0 Å². The number of amides is 1. The Hall–Kier alpha value is -2.89. The van der Waals surface area contributed by atoms with Gasteiger partial charge in [-0.25, -0.2) is 9.97 Å². The number of rotatable bonds is 4. The zero-order valence-corrected chi connectivity index (χ0v) is 11.4. The number of nitrogens with two attached hydrogens (primary N) is 2. The lowest BCUT2D eigenvalue weighted by Crippen LogP contribution is -2.11. The fourth-order valence-corrected chi connectivity index (χ4v) is 2.40. The Bertz CT molecular complexity index is 794. The van der Waals surface area contributed by atoms with E-state index in [9.17, 15) is 4.79 Å². The molecule has 0 aliphatic carbocycles. The van der Waals surface area contributed by atoms with E-state index in [0.29, 0.717) is 23.1 Å². The predicted octanol–water partition coefficient (Wildman–Crippen LogP) is 1.36. The number of fused-ring (bicyclic) bond motifs is 1. The molecule has 6 heteroatoms. The number of carbonyl (C=O) groups is 1. The van der Waals surface area contributed by atoms with Gasteiger partial charge in [0.05, 0.1) is 10.9 Å². The van der Waals surface area contributed by atoms with Crippen LogP contribution in [0.5, 0.6) is 0 Å². The lowest BCUT2D eigenvalue weighted by molar-refractivity contribution is 0.100. The molecule has 1 aromatic carbocycles. The molecule has 0 fully saturated rings. The maximum atomic E-state index is 11.6. The molecule has 2 heterocycles. The molecule has 4 N–H and O–H groups in total. The van der Waals surface area contributed by atoms with Gasteiger partial charge < -0.3 is 16.0 Å². The van der Waals surface area contributed by atoms with Crippen LogP contribution in [0.15, 0.2) is 42.9 Å². The highest BCUT2D eigenvalue weighted by Gasteiger charge is 2.16. The lowest BCUT2D eigenvalue weighted by Gasteiger charge is -2.04. The van der Waals surface area contributed by atoms with E-state index in [1.54, 1.807) is 6.20 Å². The average Bonchev–Trinajstić information content (AvgIpc) is 2.87. The Kier molecular flexibility index (Phi) is 3.27. The Labute approximate surface area is 121 Å². The number of nitrogens with zero attached hydrogens (tertiary/aromatic N) is 3. The van der Waals surface area contributed by atoms with Gasteiger partial charge in [-0.2, -0.15) is 0 Å². The molecule has 106 valence electrons. The smallest absolute Gasteiger partial charge is 0.251 e. The predicted molar refractivity (Wildman–Crippen MR) is 80.6 cm³/mol. The second-order valence-corrected chi connectivity index (χ2v) is 4.79. The number of nitrogen functional groups attached to an aromatic ring is 1. The van der Waals surface area contributed by atoms with Gasteiger partial charge >= 0.3 is 0 Å². The number of hydrogen-bond donors (Lipinski definition) is 2. The zero-order valence-electron chi connectivity index (χ0n) is 11.4. The number of anilines is 1. The van der Waals surface area contributed by atoms with Gasteiger partial charge in [0.25, 0.3) is 5.91 Å². The van der Waals surface area contributed by atoms with Crippen molar-refractivity contribution in [1.29, 1.82) is 0 Å². The van der Waals surface area contributed by atoms with Gasteiger partial charge in [-0.05, 0) is 12.0 Å². The third kappa shape index (κ3) is 2.43. The van der Waals surface area contributed by atoms with Crippen LogP contribution in [0.2, 0.25) is 0 Å². The first-order valence-corrected chi connectivity index (χ1v) is 6.60. The second kappa shape index (κ2) is 5.24. The standard InChI is InChI=1S/C15H15N5O/c16-13-12-11(14(17)21)8-20(15(12)19-9-18-13)7-6-10-4-2-1-3-5-10/h1-5,8-9H,6-7H2,(H2,17,21)(H2,16,18,19). The third-order valence-corrected chi connectivity index (χ3v) is 3.43. The van der Waals surface area contributed by atoms with Gasteiger partial charge in [-0.3, -0.25) is 4.79 Å². The van der Waals surface area contributed by atoms with Crippen molar-refractivity contribution in [2.24, 2.45) is 5.73 Å². The Morgan fingerprint density at radius 2 is 1.95 bits per heavy atom. The van der Waals surface area contributed by atoms with Gasteiger partial charge in [0, 0.05) is 12.7 Å². The molecule has 0 unspecified atom stereocenters. The van der Waals surface area contributed by atoms with E-state index in [1.165, 1.54) is 11.9 Å². The molecule has 3 rings (SSSR count). The second-order valence-electron chi connectivity index (χ2n) is 4.79. The molecular formula is C15H15N5O. The van der Waals surface area contributed by atoms with Crippen molar-refractivity contribution in [3.05, 3.63) is 54.0 Å². The summed E-state index contributed by atoms with van der Waals surface area (Å²) in [5, 5.41) is 0.526. The van der Waals surface area contributed by atoms with Crippen molar-refractivity contribution in [2.75, 3.05) is 5.73 Å². The Morgan fingerprint density at radius 3 is 2.67 bits per heavy atom. The van der Waals surface area contributed by atoms with E-state index in [2.05, 4.69) is 22.1 Å². The summed E-state index contributed by atoms with van der Waals surface area (Å²) in [4.78, 5) is 19.7. The lowest BCUT2D eigenvalue weighted by atomic mass is 10.1. The number of aryl methyl sites for hydroxylation is 2. The fraction of sp³-hybridized carbons (Fsp3) is 0.133. The molecule has 6 nitrogen and oxygen atoms in total. The topological polar surface area (TPSA) is 99.8 Å². The van der Waals surface area contributed by atoms with Crippen molar-refractivity contribution in [1.82, 2.24) is 14.5 Å². The van der Waals surface area contributed by atoms with Crippen LogP contribution in [0.3, 0.4) is 0 Å². The van der Waals surface area contributed by atoms with Gasteiger partial charge in [0.2, 0.25) is 0 Å². The number of benzene rings is 1. The Morgan fingerprint density at radius 1 is 1.19 bits per heavy atom. The van der Waals surface area contributed by atoms with Crippen LogP contribution in [0.4, 0.5) is 5.82 Å². The summed E-state index contributed by atoms with van der Waals surface area (Å²) in [6.45, 7) is 0.685. The highest BCUT2D eigenvalue weighted by atomic mass is 16.1. The summed E-state index contributed by atoms with van der Waals surface area (Å²) in [6.07, 6.45) is 3.91. The van der Waals surface area contributed by atoms with Gasteiger partial charge in [0.15, 0.2) is 0 Å². The van der Waals surface area contributed by atoms with E-state index < -0.39 is 5.91 Å². The number of hydrogen-bond acceptors (Lipinski definition) is 4. The first-order chi connectivity index (χ1) is 10.2. The number of carbonyl (C=O) groups excluding carboxylic acids is 1. The first-order valence-electron chi connectivity index (χ1n) is 6.60. The van der Waals surface area contributed by atoms with Crippen LogP contribution in [0.1, 0.15) is 15.9 Å². The van der Waals surface area contributed by atoms with Crippen molar-refractivity contribution >= 4 is 22.8 Å². The molecule has 0 aliphatic rings. The summed E-state index contributed by atoms with van der Waals surface area (Å²) < 4.78 is 1.89. The summed E-state index contributed by atoms with van der Waals surface area (Å²) in [5.74, 6) is -0.257. The number of primary amides is 1. The van der Waals surface area contributed by atoms with Crippen LogP contribution in [0.25, 0.3) is 11.0 Å². The minimum atomic E-state index is -0.528. The molecule has 0 saturated carbocycles. The van der Waals surface area contributed by atoms with Crippen LogP contribution in [0, 0.1) is 0 Å². The summed E-state index contributed by atoms with van der Waals surface area (Å²) in [7, 11) is 0. The quantitative estimate of drug-likeness (QED) is 0.754. The van der Waals surface area contributed by atoms with E-state index in [4.69, 9.17) is 11.5 Å². The van der Waals surface area contributed by atoms with E-state index in [-0.39, 0.29) is 5.82 Å². The average molecular weight is 281 g/mol. The van der Waals surface area contributed by atoms with Crippen molar-refractivity contribution in [2.45, 2.75) is 13.0 Å². The molecule has 1 amide bonds. The SMILES string of the molecule is NC(=O)c1cn(CCc2ccccc2)c2ncnc(N)c12. The molecule has 0 bridgehead atoms. The van der Waals surface area contributed by atoms with Gasteiger partial charge in [-0.1, -0.05) is 30.3 Å². The monoisotopic (exact) mass is 281 g/mol. The molecule has 2 aromatic heterocycles. The van der Waals surface area contributed by atoms with E-state index >= 15 is 0 Å². The minimum Gasteiger partial charge on any atom is -0.383 e.